The van der Waals surface area contributed by atoms with Crippen molar-refractivity contribution in [3.05, 3.63) is 101 Å². The van der Waals surface area contributed by atoms with Gasteiger partial charge in [-0.1, -0.05) is 18.2 Å². The second-order valence-electron chi connectivity index (χ2n) is 11.8. The van der Waals surface area contributed by atoms with E-state index < -0.39 is 17.6 Å². The third-order valence-corrected chi connectivity index (χ3v) is 8.37. The van der Waals surface area contributed by atoms with Crippen LogP contribution in [0.1, 0.15) is 37.4 Å². The molecule has 4 amide bonds. The highest BCUT2D eigenvalue weighted by Crippen LogP contribution is 2.34. The summed E-state index contributed by atoms with van der Waals surface area (Å²) in [6.07, 6.45) is -2.96. The number of nitrogens with one attached hydrogen (secondary N) is 2. The van der Waals surface area contributed by atoms with Crippen molar-refractivity contribution >= 4 is 46.7 Å². The molecule has 0 bridgehead atoms. The van der Waals surface area contributed by atoms with E-state index in [-0.39, 0.29) is 30.0 Å². The molecule has 2 aliphatic rings. The number of aryl methyl sites for hydroxylation is 1. The van der Waals surface area contributed by atoms with Crippen molar-refractivity contribution in [1.29, 1.82) is 0 Å². The Morgan fingerprint density at radius 3 is 2.35 bits per heavy atom. The molecule has 0 atom stereocenters. The van der Waals surface area contributed by atoms with Crippen LogP contribution in [0.25, 0.3) is 0 Å². The molecule has 0 aliphatic carbocycles. The molecule has 0 unspecified atom stereocenters. The summed E-state index contributed by atoms with van der Waals surface area (Å²) < 4.78 is 39.5. The minimum atomic E-state index is -4.58. The van der Waals surface area contributed by atoms with Crippen LogP contribution in [-0.2, 0) is 12.7 Å². The lowest BCUT2D eigenvalue weighted by Crippen LogP contribution is -2.47. The fourth-order valence-corrected chi connectivity index (χ4v) is 5.63. The number of carbonyl (C=O) groups excluding carboxylic acids is 3. The van der Waals surface area contributed by atoms with Gasteiger partial charge in [-0.05, 0) is 68.1 Å². The summed E-state index contributed by atoms with van der Waals surface area (Å²) in [6, 6.07) is 15.8. The predicted molar refractivity (Wildman–Crippen MR) is 176 cm³/mol. The monoisotopic (exact) mass is 658 g/mol. The lowest BCUT2D eigenvalue weighted by molar-refractivity contribution is -0.137. The number of likely N-dealkylation sites (N-methyl/N-ethyl adjacent to an activating group) is 1. The normalized spacial score (nSPS) is 15.3. The van der Waals surface area contributed by atoms with Crippen molar-refractivity contribution in [2.24, 2.45) is 0 Å². The fourth-order valence-electron chi connectivity index (χ4n) is 5.63. The lowest BCUT2D eigenvalue weighted by Gasteiger charge is -2.35. The summed E-state index contributed by atoms with van der Waals surface area (Å²) in [5, 5.41) is 5.78. The smallest absolute Gasteiger partial charge is 0.336 e. The van der Waals surface area contributed by atoms with Crippen LogP contribution < -0.4 is 20.4 Å². The highest BCUT2D eigenvalue weighted by atomic mass is 19.4. The summed E-state index contributed by atoms with van der Waals surface area (Å²) in [4.78, 5) is 55.5. The van der Waals surface area contributed by atoms with E-state index in [9.17, 15) is 27.6 Å². The van der Waals surface area contributed by atoms with Crippen LogP contribution in [0.15, 0.2) is 72.9 Å². The van der Waals surface area contributed by atoms with Crippen LogP contribution in [0.5, 0.6) is 0 Å². The minimum Gasteiger partial charge on any atom is -0.336 e. The van der Waals surface area contributed by atoms with Crippen molar-refractivity contribution in [2.45, 2.75) is 19.6 Å². The molecule has 2 aliphatic heterocycles. The number of benzene rings is 3. The maximum absolute atomic E-state index is 13.6. The quantitative estimate of drug-likeness (QED) is 0.271. The van der Waals surface area contributed by atoms with E-state index in [1.165, 1.54) is 21.9 Å². The molecular formula is C34H33F3N8O3. The number of fused-ring (bicyclic) bond motifs is 1. The third-order valence-electron chi connectivity index (χ3n) is 8.37. The Kier molecular flexibility index (Phi) is 8.75. The molecule has 0 saturated carbocycles. The van der Waals surface area contributed by atoms with Gasteiger partial charge >= 0.3 is 12.2 Å². The first-order valence-electron chi connectivity index (χ1n) is 15.2. The lowest BCUT2D eigenvalue weighted by atomic mass is 10.1. The Balaban J connectivity index is 1.18. The largest absolute Gasteiger partial charge is 0.416 e. The van der Waals surface area contributed by atoms with Gasteiger partial charge in [-0.15, -0.1) is 0 Å². The Morgan fingerprint density at radius 2 is 1.60 bits per heavy atom. The van der Waals surface area contributed by atoms with Crippen LogP contribution in [0.2, 0.25) is 0 Å². The topological polar surface area (TPSA) is 114 Å². The highest BCUT2D eigenvalue weighted by Gasteiger charge is 2.33. The summed E-state index contributed by atoms with van der Waals surface area (Å²) in [5.74, 6) is -0.101. The molecule has 3 aromatic carbocycles. The summed E-state index contributed by atoms with van der Waals surface area (Å²) >= 11 is 0. The van der Waals surface area contributed by atoms with E-state index in [0.717, 1.165) is 30.8 Å². The summed E-state index contributed by atoms with van der Waals surface area (Å²) in [7, 11) is 3.62. The van der Waals surface area contributed by atoms with Gasteiger partial charge in [-0.2, -0.15) is 18.2 Å². The van der Waals surface area contributed by atoms with E-state index in [1.54, 1.807) is 49.6 Å². The number of hydrogen-bond acceptors (Lipinski definition) is 7. The number of aromatic nitrogens is 2. The van der Waals surface area contributed by atoms with Gasteiger partial charge in [-0.3, -0.25) is 19.4 Å². The molecule has 6 rings (SSSR count). The van der Waals surface area contributed by atoms with Gasteiger partial charge in [0.1, 0.15) is 5.82 Å². The highest BCUT2D eigenvalue weighted by molar-refractivity contribution is 6.07. The average molecular weight is 659 g/mol. The molecular weight excluding hydrogens is 625 g/mol. The molecule has 1 saturated heterocycles. The maximum Gasteiger partial charge on any atom is 0.416 e. The number of urea groups is 1. The second-order valence-corrected chi connectivity index (χ2v) is 11.8. The van der Waals surface area contributed by atoms with E-state index in [2.05, 4.69) is 25.5 Å². The number of hydrogen-bond donors (Lipinski definition) is 2. The van der Waals surface area contributed by atoms with Crippen LogP contribution in [0.4, 0.5) is 46.8 Å². The predicted octanol–water partition coefficient (Wildman–Crippen LogP) is 5.76. The van der Waals surface area contributed by atoms with Crippen molar-refractivity contribution in [3.63, 3.8) is 0 Å². The van der Waals surface area contributed by atoms with Gasteiger partial charge in [0.15, 0.2) is 0 Å². The number of halogens is 3. The fraction of sp³-hybridized carbons (Fsp3) is 0.265. The van der Waals surface area contributed by atoms with Gasteiger partial charge in [0.2, 0.25) is 5.95 Å². The molecule has 4 aromatic rings. The van der Waals surface area contributed by atoms with Gasteiger partial charge in [0.25, 0.3) is 11.8 Å². The van der Waals surface area contributed by atoms with Crippen molar-refractivity contribution < 1.29 is 27.6 Å². The molecule has 248 valence electrons. The Morgan fingerprint density at radius 1 is 0.875 bits per heavy atom. The first kappa shape index (κ1) is 32.4. The number of rotatable bonds is 6. The zero-order chi connectivity index (χ0) is 34.2. The second kappa shape index (κ2) is 13.0. The standard InChI is InChI=1S/C34H33F3N8O3/c1-21-10-11-27(39-30(46)22-6-4-8-25(16-22)34(35,36)37)18-28(21)45-20-24-19-38-32(41-29(24)43(3)33(45)48)40-26-9-5-7-23(17-26)31(47)44-14-12-42(2)13-15-44/h4-11,16-19H,12-15,20H2,1-3H3,(H,39,46)(H,38,40,41). The first-order chi connectivity index (χ1) is 22.9. The van der Waals surface area contributed by atoms with E-state index >= 15 is 0 Å². The molecule has 11 nitrogen and oxygen atoms in total. The Hall–Kier alpha value is -5.50. The zero-order valence-electron chi connectivity index (χ0n) is 26.5. The molecule has 3 heterocycles. The number of piperazine rings is 1. The third kappa shape index (κ3) is 6.79. The molecule has 0 spiro atoms. The molecule has 1 aromatic heterocycles. The minimum absolute atomic E-state index is 0.0434. The van der Waals surface area contributed by atoms with E-state index in [0.29, 0.717) is 47.1 Å². The Bertz CT molecular complexity index is 1890. The maximum atomic E-state index is 13.6. The van der Waals surface area contributed by atoms with Gasteiger partial charge in [-0.25, -0.2) is 9.78 Å². The first-order valence-corrected chi connectivity index (χ1v) is 15.2. The summed E-state index contributed by atoms with van der Waals surface area (Å²) in [5.41, 5.74) is 2.32. The number of nitrogens with zero attached hydrogens (tertiary/aromatic N) is 6. The average Bonchev–Trinajstić information content (AvgIpc) is 3.07. The van der Waals surface area contributed by atoms with Crippen LogP contribution >= 0.6 is 0 Å². The van der Waals surface area contributed by atoms with Crippen LogP contribution in [0, 0.1) is 6.92 Å². The van der Waals surface area contributed by atoms with Crippen LogP contribution in [0.3, 0.4) is 0 Å². The molecule has 48 heavy (non-hydrogen) atoms. The van der Waals surface area contributed by atoms with Gasteiger partial charge in [0.05, 0.1) is 17.8 Å². The number of alkyl halides is 3. The zero-order valence-corrected chi connectivity index (χ0v) is 26.5. The van der Waals surface area contributed by atoms with Crippen molar-refractivity contribution in [3.8, 4) is 0 Å². The van der Waals surface area contributed by atoms with E-state index in [1.807, 2.05) is 24.9 Å². The van der Waals surface area contributed by atoms with Crippen molar-refractivity contribution in [2.75, 3.05) is 60.7 Å². The summed E-state index contributed by atoms with van der Waals surface area (Å²) in [6.45, 7) is 4.91. The van der Waals surface area contributed by atoms with E-state index in [4.69, 9.17) is 0 Å². The SMILES string of the molecule is Cc1ccc(NC(=O)c2cccc(C(F)(F)F)c2)cc1N1Cc2cnc(Nc3cccc(C(=O)N4CCN(C)CC4)c3)nc2N(C)C1=O. The number of anilines is 5. The Labute approximate surface area is 275 Å². The number of amides is 4. The van der Waals surface area contributed by atoms with Gasteiger partial charge < -0.3 is 20.4 Å². The molecule has 0 radical (unpaired) electrons. The van der Waals surface area contributed by atoms with Gasteiger partial charge in [0, 0.05) is 67.5 Å². The van der Waals surface area contributed by atoms with Crippen LogP contribution in [-0.4, -0.2) is 77.9 Å². The number of carbonyl (C=O) groups is 3. The van der Waals surface area contributed by atoms with Crippen molar-refractivity contribution in [1.82, 2.24) is 19.8 Å². The molecule has 14 heteroatoms. The molecule has 1 fully saturated rings. The molecule has 2 N–H and O–H groups in total.